The van der Waals surface area contributed by atoms with Gasteiger partial charge in [0.05, 0.1) is 12.1 Å². The van der Waals surface area contributed by atoms with E-state index in [0.717, 1.165) is 5.39 Å². The van der Waals surface area contributed by atoms with E-state index in [9.17, 15) is 4.79 Å². The lowest BCUT2D eigenvalue weighted by molar-refractivity contribution is 0.101. The highest BCUT2D eigenvalue weighted by atomic mass is 35.5. The molecule has 0 aliphatic heterocycles. The summed E-state index contributed by atoms with van der Waals surface area (Å²) in [5.41, 5.74) is 1.17. The number of methoxy groups -OCH3 is 1. The van der Waals surface area contributed by atoms with Crippen LogP contribution in [-0.2, 0) is 0 Å². The van der Waals surface area contributed by atoms with Gasteiger partial charge in [-0.1, -0.05) is 29.8 Å². The Balaban J connectivity index is 2.03. The Labute approximate surface area is 120 Å². The molecule has 0 amide bonds. The number of furan rings is 1. The molecule has 0 spiro atoms. The summed E-state index contributed by atoms with van der Waals surface area (Å²) in [4.78, 5) is 12.4. The molecule has 0 bridgehead atoms. The largest absolute Gasteiger partial charge is 0.495 e. The first-order chi connectivity index (χ1) is 9.69. The van der Waals surface area contributed by atoms with Gasteiger partial charge in [-0.05, 0) is 30.3 Å². The minimum Gasteiger partial charge on any atom is -0.495 e. The number of hydrogen-bond acceptors (Lipinski definition) is 3. The number of ether oxygens (including phenoxy) is 1. The third kappa shape index (κ3) is 2.17. The lowest BCUT2D eigenvalue weighted by Gasteiger charge is -2.04. The van der Waals surface area contributed by atoms with Crippen LogP contribution in [0.25, 0.3) is 11.0 Å². The molecule has 0 aliphatic rings. The molecular formula is C16H11ClO3. The van der Waals surface area contributed by atoms with Crippen LogP contribution in [-0.4, -0.2) is 12.9 Å². The van der Waals surface area contributed by atoms with Crippen LogP contribution in [0.4, 0.5) is 0 Å². The maximum Gasteiger partial charge on any atom is 0.228 e. The van der Waals surface area contributed by atoms with Gasteiger partial charge in [0, 0.05) is 10.9 Å². The second-order valence-electron chi connectivity index (χ2n) is 4.33. The third-order valence-electron chi connectivity index (χ3n) is 3.06. The number of carbonyl (C=O) groups excluding carboxylic acids is 1. The van der Waals surface area contributed by atoms with Crippen molar-refractivity contribution in [2.24, 2.45) is 0 Å². The number of ketones is 1. The number of para-hydroxylation sites is 1. The molecule has 0 fully saturated rings. The van der Waals surface area contributed by atoms with Crippen molar-refractivity contribution < 1.29 is 13.9 Å². The van der Waals surface area contributed by atoms with Crippen LogP contribution in [0.15, 0.2) is 52.9 Å². The van der Waals surface area contributed by atoms with E-state index in [1.165, 1.54) is 7.11 Å². The maximum absolute atomic E-state index is 12.4. The molecule has 100 valence electrons. The molecular weight excluding hydrogens is 276 g/mol. The highest BCUT2D eigenvalue weighted by Crippen LogP contribution is 2.27. The Hall–Kier alpha value is -2.26. The molecule has 1 aromatic heterocycles. The first-order valence-electron chi connectivity index (χ1n) is 6.06. The maximum atomic E-state index is 12.4. The Morgan fingerprint density at radius 2 is 1.95 bits per heavy atom. The van der Waals surface area contributed by atoms with E-state index in [1.54, 1.807) is 24.3 Å². The predicted octanol–water partition coefficient (Wildman–Crippen LogP) is 4.33. The third-order valence-corrected chi connectivity index (χ3v) is 3.37. The van der Waals surface area contributed by atoms with Crippen molar-refractivity contribution in [3.05, 3.63) is 64.9 Å². The summed E-state index contributed by atoms with van der Waals surface area (Å²) in [6.45, 7) is 0. The first kappa shape index (κ1) is 12.8. The Morgan fingerprint density at radius 3 is 2.70 bits per heavy atom. The number of carbonyl (C=O) groups is 1. The predicted molar refractivity (Wildman–Crippen MR) is 77.7 cm³/mol. The van der Waals surface area contributed by atoms with Crippen LogP contribution in [0, 0.1) is 0 Å². The van der Waals surface area contributed by atoms with Gasteiger partial charge in [0.2, 0.25) is 5.78 Å². The average Bonchev–Trinajstić information content (AvgIpc) is 2.91. The molecule has 1 heterocycles. The fourth-order valence-electron chi connectivity index (χ4n) is 2.04. The van der Waals surface area contributed by atoms with Crippen molar-refractivity contribution in [2.45, 2.75) is 0 Å². The fraction of sp³-hybridized carbons (Fsp3) is 0.0625. The second kappa shape index (κ2) is 5.02. The molecule has 20 heavy (non-hydrogen) atoms. The summed E-state index contributed by atoms with van der Waals surface area (Å²) in [5, 5.41) is 1.37. The van der Waals surface area contributed by atoms with Crippen LogP contribution < -0.4 is 4.74 Å². The summed E-state index contributed by atoms with van der Waals surface area (Å²) in [7, 11) is 1.51. The van der Waals surface area contributed by atoms with E-state index in [4.69, 9.17) is 20.8 Å². The Kier molecular flexibility index (Phi) is 3.20. The van der Waals surface area contributed by atoms with Gasteiger partial charge in [-0.2, -0.15) is 0 Å². The molecule has 3 nitrogen and oxygen atoms in total. The Bertz CT molecular complexity index is 756. The smallest absolute Gasteiger partial charge is 0.228 e. The quantitative estimate of drug-likeness (QED) is 0.673. The SMILES string of the molecule is COc1cc(C(=O)c2cc3ccccc3o2)ccc1Cl. The van der Waals surface area contributed by atoms with Crippen LogP contribution in [0.2, 0.25) is 5.02 Å². The average molecular weight is 287 g/mol. The standard InChI is InChI=1S/C16H11ClO3/c1-19-14-9-11(6-7-12(14)17)16(18)15-8-10-4-2-3-5-13(10)20-15/h2-9H,1H3. The molecule has 0 saturated heterocycles. The highest BCUT2D eigenvalue weighted by Gasteiger charge is 2.16. The molecule has 0 aliphatic carbocycles. The van der Waals surface area contributed by atoms with Gasteiger partial charge in [-0.3, -0.25) is 4.79 Å². The van der Waals surface area contributed by atoms with Crippen LogP contribution in [0.3, 0.4) is 0 Å². The number of rotatable bonds is 3. The Morgan fingerprint density at radius 1 is 1.15 bits per heavy atom. The van der Waals surface area contributed by atoms with E-state index < -0.39 is 0 Å². The van der Waals surface area contributed by atoms with Gasteiger partial charge in [-0.15, -0.1) is 0 Å². The molecule has 3 rings (SSSR count). The zero-order valence-electron chi connectivity index (χ0n) is 10.7. The normalized spacial score (nSPS) is 10.7. The molecule has 0 unspecified atom stereocenters. The fourth-order valence-corrected chi connectivity index (χ4v) is 2.23. The molecule has 2 aromatic carbocycles. The minimum absolute atomic E-state index is 0.198. The summed E-state index contributed by atoms with van der Waals surface area (Å²) in [6.07, 6.45) is 0. The van der Waals surface area contributed by atoms with Gasteiger partial charge in [0.25, 0.3) is 0 Å². The number of halogens is 1. The van der Waals surface area contributed by atoms with Crippen LogP contribution in [0.5, 0.6) is 5.75 Å². The lowest BCUT2D eigenvalue weighted by Crippen LogP contribution is -2.00. The zero-order valence-corrected chi connectivity index (χ0v) is 11.5. The topological polar surface area (TPSA) is 39.4 Å². The van der Waals surface area contributed by atoms with E-state index in [1.807, 2.05) is 24.3 Å². The van der Waals surface area contributed by atoms with Crippen molar-refractivity contribution in [3.63, 3.8) is 0 Å². The minimum atomic E-state index is -0.198. The molecule has 0 N–H and O–H groups in total. The van der Waals surface area contributed by atoms with Gasteiger partial charge < -0.3 is 9.15 Å². The highest BCUT2D eigenvalue weighted by molar-refractivity contribution is 6.32. The summed E-state index contributed by atoms with van der Waals surface area (Å²) < 4.78 is 10.7. The molecule has 3 aromatic rings. The lowest BCUT2D eigenvalue weighted by atomic mass is 10.1. The monoisotopic (exact) mass is 286 g/mol. The van der Waals surface area contributed by atoms with Crippen molar-refractivity contribution >= 4 is 28.4 Å². The van der Waals surface area contributed by atoms with Gasteiger partial charge in [0.15, 0.2) is 5.76 Å². The van der Waals surface area contributed by atoms with Crippen LogP contribution >= 0.6 is 11.6 Å². The number of benzene rings is 2. The van der Waals surface area contributed by atoms with Crippen molar-refractivity contribution in [3.8, 4) is 5.75 Å². The van der Waals surface area contributed by atoms with Gasteiger partial charge in [0.1, 0.15) is 11.3 Å². The molecule has 0 radical (unpaired) electrons. The van der Waals surface area contributed by atoms with E-state index >= 15 is 0 Å². The summed E-state index contributed by atoms with van der Waals surface area (Å²) >= 11 is 5.95. The number of fused-ring (bicyclic) bond motifs is 1. The van der Waals surface area contributed by atoms with E-state index in [0.29, 0.717) is 27.7 Å². The van der Waals surface area contributed by atoms with Crippen LogP contribution in [0.1, 0.15) is 16.1 Å². The van der Waals surface area contributed by atoms with Gasteiger partial charge in [-0.25, -0.2) is 0 Å². The molecule has 0 saturated carbocycles. The first-order valence-corrected chi connectivity index (χ1v) is 6.43. The number of hydrogen-bond donors (Lipinski definition) is 0. The summed E-state index contributed by atoms with van der Waals surface area (Å²) in [5.74, 6) is 0.570. The van der Waals surface area contributed by atoms with Crippen molar-refractivity contribution in [2.75, 3.05) is 7.11 Å². The van der Waals surface area contributed by atoms with Gasteiger partial charge >= 0.3 is 0 Å². The summed E-state index contributed by atoms with van der Waals surface area (Å²) in [6, 6.07) is 14.1. The van der Waals surface area contributed by atoms with Crippen molar-refractivity contribution in [1.29, 1.82) is 0 Å². The van der Waals surface area contributed by atoms with Crippen molar-refractivity contribution in [1.82, 2.24) is 0 Å². The van der Waals surface area contributed by atoms with E-state index in [2.05, 4.69) is 0 Å². The molecule has 4 heteroatoms. The zero-order chi connectivity index (χ0) is 14.1. The molecule has 0 atom stereocenters. The second-order valence-corrected chi connectivity index (χ2v) is 4.73. The van der Waals surface area contributed by atoms with E-state index in [-0.39, 0.29) is 5.78 Å².